The number of rotatable bonds is 7. The van der Waals surface area contributed by atoms with Gasteiger partial charge in [-0.1, -0.05) is 50.3 Å². The second-order valence-corrected chi connectivity index (χ2v) is 6.53. The average molecular weight is 318 g/mol. The summed E-state index contributed by atoms with van der Waals surface area (Å²) in [5, 5.41) is 11.0. The summed E-state index contributed by atoms with van der Waals surface area (Å²) in [4.78, 5) is 24.5. The molecule has 0 N–H and O–H groups in total. The zero-order chi connectivity index (χ0) is 16.7. The number of benzene rings is 1. The molecule has 1 aromatic rings. The summed E-state index contributed by atoms with van der Waals surface area (Å²) in [6.07, 6.45) is 9.21. The molecular weight excluding hydrogens is 292 g/mol. The van der Waals surface area contributed by atoms with Gasteiger partial charge in [-0.05, 0) is 18.8 Å². The fourth-order valence-electron chi connectivity index (χ4n) is 3.37. The van der Waals surface area contributed by atoms with E-state index in [1.807, 2.05) is 0 Å². The van der Waals surface area contributed by atoms with Gasteiger partial charge in [-0.2, -0.15) is 0 Å². The van der Waals surface area contributed by atoms with E-state index in [0.717, 1.165) is 18.8 Å². The van der Waals surface area contributed by atoms with Crippen LogP contribution in [0.4, 0.5) is 5.69 Å². The van der Waals surface area contributed by atoms with Crippen LogP contribution < -0.4 is 0 Å². The van der Waals surface area contributed by atoms with Gasteiger partial charge in [0.25, 0.3) is 5.69 Å². The molecule has 2 rings (SSSR count). The smallest absolute Gasteiger partial charge is 0.274 e. The highest BCUT2D eigenvalue weighted by Crippen LogP contribution is 2.28. The number of para-hydroxylation sites is 1. The number of amides is 1. The minimum Gasteiger partial charge on any atom is -0.341 e. The van der Waals surface area contributed by atoms with Gasteiger partial charge >= 0.3 is 0 Å². The molecule has 1 amide bonds. The number of nitrogens with zero attached hydrogens (tertiary/aromatic N) is 2. The fourth-order valence-corrected chi connectivity index (χ4v) is 3.37. The van der Waals surface area contributed by atoms with Crippen LogP contribution >= 0.6 is 0 Å². The molecule has 0 radical (unpaired) electrons. The van der Waals surface area contributed by atoms with Gasteiger partial charge in [0.15, 0.2) is 0 Å². The van der Waals surface area contributed by atoms with Crippen molar-refractivity contribution in [3.05, 3.63) is 39.9 Å². The highest BCUT2D eigenvalue weighted by atomic mass is 16.6. The number of carbonyl (C=O) groups excluding carboxylic acids is 1. The van der Waals surface area contributed by atoms with Crippen molar-refractivity contribution < 1.29 is 9.72 Å². The summed E-state index contributed by atoms with van der Waals surface area (Å²) in [6, 6.07) is 6.61. The molecule has 1 saturated carbocycles. The molecule has 0 unspecified atom stereocenters. The predicted octanol–water partition coefficient (Wildman–Crippen LogP) is 4.30. The molecule has 0 saturated heterocycles. The Balaban J connectivity index is 1.79. The highest BCUT2D eigenvalue weighted by Gasteiger charge is 2.18. The first-order valence-electron chi connectivity index (χ1n) is 8.54. The van der Waals surface area contributed by atoms with Crippen LogP contribution in [-0.4, -0.2) is 22.8 Å². The summed E-state index contributed by atoms with van der Waals surface area (Å²) in [6.45, 7) is 0.291. The van der Waals surface area contributed by atoms with Gasteiger partial charge in [0.05, 0.1) is 11.5 Å². The van der Waals surface area contributed by atoms with Crippen molar-refractivity contribution in [3.63, 3.8) is 0 Å². The first-order valence-corrected chi connectivity index (χ1v) is 8.54. The van der Waals surface area contributed by atoms with Crippen LogP contribution in [0.3, 0.4) is 0 Å². The summed E-state index contributed by atoms with van der Waals surface area (Å²) in [7, 11) is 1.72. The van der Waals surface area contributed by atoms with Crippen molar-refractivity contribution in [1.82, 2.24) is 4.90 Å². The lowest BCUT2D eigenvalue weighted by Crippen LogP contribution is -2.26. The molecule has 5 nitrogen and oxygen atoms in total. The van der Waals surface area contributed by atoms with E-state index in [4.69, 9.17) is 0 Å². The van der Waals surface area contributed by atoms with Crippen LogP contribution in [0, 0.1) is 16.0 Å². The molecule has 5 heteroatoms. The minimum absolute atomic E-state index is 0.0685. The fraction of sp³-hybridized carbons (Fsp3) is 0.611. The third-order valence-electron chi connectivity index (χ3n) is 4.75. The summed E-state index contributed by atoms with van der Waals surface area (Å²) >= 11 is 0. The number of hydrogen-bond donors (Lipinski definition) is 0. The second kappa shape index (κ2) is 8.65. The number of hydrogen-bond acceptors (Lipinski definition) is 3. The molecule has 0 atom stereocenters. The Bertz CT molecular complexity index is 539. The van der Waals surface area contributed by atoms with E-state index in [-0.39, 0.29) is 11.6 Å². The van der Waals surface area contributed by atoms with Crippen LogP contribution in [-0.2, 0) is 11.3 Å². The molecule has 126 valence electrons. The summed E-state index contributed by atoms with van der Waals surface area (Å²) in [5.74, 6) is 0.857. The van der Waals surface area contributed by atoms with Crippen molar-refractivity contribution in [2.75, 3.05) is 7.05 Å². The monoisotopic (exact) mass is 318 g/mol. The standard InChI is InChI=1S/C18H26N2O3/c1-19(14-16-11-5-6-12-17(16)20(22)23)18(21)13-7-10-15-8-3-2-4-9-15/h5-6,11-12,15H,2-4,7-10,13-14H2,1H3. The maximum absolute atomic E-state index is 12.2. The van der Waals surface area contributed by atoms with Crippen LogP contribution in [0.2, 0.25) is 0 Å². The molecule has 0 heterocycles. The van der Waals surface area contributed by atoms with Crippen molar-refractivity contribution in [1.29, 1.82) is 0 Å². The van der Waals surface area contributed by atoms with Gasteiger partial charge in [-0.15, -0.1) is 0 Å². The molecule has 0 bridgehead atoms. The topological polar surface area (TPSA) is 63.4 Å². The Hall–Kier alpha value is -1.91. The van der Waals surface area contributed by atoms with Crippen LogP contribution in [0.1, 0.15) is 56.9 Å². The van der Waals surface area contributed by atoms with Crippen LogP contribution in [0.15, 0.2) is 24.3 Å². The third-order valence-corrected chi connectivity index (χ3v) is 4.75. The first kappa shape index (κ1) is 17.4. The number of nitro benzene ring substituents is 1. The van der Waals surface area contributed by atoms with Gasteiger partial charge in [-0.3, -0.25) is 14.9 Å². The van der Waals surface area contributed by atoms with E-state index >= 15 is 0 Å². The zero-order valence-electron chi connectivity index (χ0n) is 13.9. The Morgan fingerprint density at radius 1 is 1.26 bits per heavy atom. The van der Waals surface area contributed by atoms with E-state index in [0.29, 0.717) is 18.5 Å². The lowest BCUT2D eigenvalue weighted by molar-refractivity contribution is -0.385. The number of nitro groups is 1. The van der Waals surface area contributed by atoms with E-state index in [1.165, 1.54) is 38.2 Å². The first-order chi connectivity index (χ1) is 11.1. The average Bonchev–Trinajstić information content (AvgIpc) is 2.56. The minimum atomic E-state index is -0.392. The SMILES string of the molecule is CN(Cc1ccccc1[N+](=O)[O-])C(=O)CCCC1CCCCC1. The van der Waals surface area contributed by atoms with Crippen molar-refractivity contribution >= 4 is 11.6 Å². The van der Waals surface area contributed by atoms with Gasteiger partial charge in [0.2, 0.25) is 5.91 Å². The van der Waals surface area contributed by atoms with E-state index in [2.05, 4.69) is 0 Å². The van der Waals surface area contributed by atoms with Gasteiger partial charge in [0, 0.05) is 25.1 Å². The third kappa shape index (κ3) is 5.34. The Kier molecular flexibility index (Phi) is 6.56. The molecule has 0 aromatic heterocycles. The van der Waals surface area contributed by atoms with Crippen LogP contribution in [0.25, 0.3) is 0 Å². The molecule has 0 spiro atoms. The molecular formula is C18H26N2O3. The van der Waals surface area contributed by atoms with Crippen molar-refractivity contribution in [2.24, 2.45) is 5.92 Å². The maximum atomic E-state index is 12.2. The number of carbonyl (C=O) groups is 1. The lowest BCUT2D eigenvalue weighted by atomic mass is 9.86. The van der Waals surface area contributed by atoms with Crippen molar-refractivity contribution in [3.8, 4) is 0 Å². The van der Waals surface area contributed by atoms with Gasteiger partial charge in [-0.25, -0.2) is 0 Å². The van der Waals surface area contributed by atoms with Crippen molar-refractivity contribution in [2.45, 2.75) is 57.9 Å². The second-order valence-electron chi connectivity index (χ2n) is 6.53. The molecule has 1 aliphatic rings. The molecule has 0 aliphatic heterocycles. The van der Waals surface area contributed by atoms with Crippen LogP contribution in [0.5, 0.6) is 0 Å². The van der Waals surface area contributed by atoms with Gasteiger partial charge < -0.3 is 4.90 Å². The zero-order valence-corrected chi connectivity index (χ0v) is 13.9. The van der Waals surface area contributed by atoms with E-state index < -0.39 is 4.92 Å². The quantitative estimate of drug-likeness (QED) is 0.556. The Morgan fingerprint density at radius 2 is 1.96 bits per heavy atom. The normalized spacial score (nSPS) is 15.3. The Morgan fingerprint density at radius 3 is 2.65 bits per heavy atom. The Labute approximate surface area is 137 Å². The lowest BCUT2D eigenvalue weighted by Gasteiger charge is -2.22. The highest BCUT2D eigenvalue weighted by molar-refractivity contribution is 5.75. The van der Waals surface area contributed by atoms with E-state index in [9.17, 15) is 14.9 Å². The molecule has 1 aromatic carbocycles. The largest absolute Gasteiger partial charge is 0.341 e. The molecule has 1 fully saturated rings. The predicted molar refractivity (Wildman–Crippen MR) is 90.0 cm³/mol. The van der Waals surface area contributed by atoms with E-state index in [1.54, 1.807) is 30.1 Å². The maximum Gasteiger partial charge on any atom is 0.274 e. The molecule has 23 heavy (non-hydrogen) atoms. The van der Waals surface area contributed by atoms with Gasteiger partial charge in [0.1, 0.15) is 0 Å². The molecule has 1 aliphatic carbocycles. The summed E-state index contributed by atoms with van der Waals surface area (Å²) < 4.78 is 0. The summed E-state index contributed by atoms with van der Waals surface area (Å²) in [5.41, 5.74) is 0.662.